The van der Waals surface area contributed by atoms with Crippen molar-refractivity contribution in [3.63, 3.8) is 0 Å². The van der Waals surface area contributed by atoms with Crippen LogP contribution in [0.25, 0.3) is 11.7 Å². The minimum absolute atomic E-state index is 0.0389. The van der Waals surface area contributed by atoms with Crippen LogP contribution in [0.5, 0.6) is 11.6 Å². The molecule has 7 nitrogen and oxygen atoms in total. The number of unbranched alkanes of at least 4 members (excludes halogenated alkanes) is 3. The van der Waals surface area contributed by atoms with Crippen molar-refractivity contribution in [2.75, 3.05) is 6.61 Å². The minimum atomic E-state index is -0.704. The normalized spacial score (nSPS) is 11.4. The highest BCUT2D eigenvalue weighted by Crippen LogP contribution is 2.29. The first kappa shape index (κ1) is 24.8. The lowest BCUT2D eigenvalue weighted by molar-refractivity contribution is -0.139. The van der Waals surface area contributed by atoms with Gasteiger partial charge in [0.1, 0.15) is 23.9 Å². The Hall–Kier alpha value is -3.79. The van der Waals surface area contributed by atoms with E-state index in [0.717, 1.165) is 31.2 Å². The number of aromatic nitrogens is 2. The molecule has 0 bridgehead atoms. The fourth-order valence-electron chi connectivity index (χ4n) is 3.40. The van der Waals surface area contributed by atoms with Crippen molar-refractivity contribution in [3.8, 4) is 17.7 Å². The van der Waals surface area contributed by atoms with Crippen LogP contribution in [0.2, 0.25) is 0 Å². The molecule has 0 radical (unpaired) electrons. The molecule has 0 atom stereocenters. The van der Waals surface area contributed by atoms with Gasteiger partial charge in [-0.2, -0.15) is 10.2 Å². The Morgan fingerprint density at radius 3 is 2.65 bits per heavy atom. The fourth-order valence-corrected chi connectivity index (χ4v) is 3.40. The van der Waals surface area contributed by atoms with Gasteiger partial charge in [0.05, 0.1) is 12.7 Å². The number of hydrogen-bond donors (Lipinski definition) is 0. The van der Waals surface area contributed by atoms with E-state index in [0.29, 0.717) is 29.6 Å². The summed E-state index contributed by atoms with van der Waals surface area (Å²) in [4.78, 5) is 17.3. The van der Waals surface area contributed by atoms with Gasteiger partial charge in [-0.1, -0.05) is 56.5 Å². The van der Waals surface area contributed by atoms with Crippen LogP contribution in [-0.4, -0.2) is 28.1 Å². The zero-order chi connectivity index (χ0) is 24.3. The number of carbonyl (C=O) groups excluding carboxylic acids is 1. The molecule has 3 aromatic rings. The molecule has 0 aliphatic carbocycles. The van der Waals surface area contributed by atoms with E-state index in [1.165, 1.54) is 6.08 Å². The van der Waals surface area contributed by atoms with Gasteiger partial charge in [-0.05, 0) is 44.0 Å². The van der Waals surface area contributed by atoms with Gasteiger partial charge in [-0.25, -0.2) is 4.79 Å². The Bertz CT molecular complexity index is 1160. The maximum Gasteiger partial charge on any atom is 0.349 e. The first-order valence-electron chi connectivity index (χ1n) is 11.7. The lowest BCUT2D eigenvalue weighted by atomic mass is 10.2. The molecule has 2 heterocycles. The number of hydrogen-bond acceptors (Lipinski definition) is 6. The molecule has 0 spiro atoms. The molecular weight excluding hydrogens is 430 g/mol. The number of nitriles is 1. The molecule has 0 saturated heterocycles. The summed E-state index contributed by atoms with van der Waals surface area (Å²) >= 11 is 0. The van der Waals surface area contributed by atoms with E-state index in [4.69, 9.17) is 14.2 Å². The third-order valence-corrected chi connectivity index (χ3v) is 5.05. The third kappa shape index (κ3) is 6.61. The Morgan fingerprint density at radius 2 is 1.94 bits per heavy atom. The van der Waals surface area contributed by atoms with Gasteiger partial charge in [0.2, 0.25) is 5.88 Å². The van der Waals surface area contributed by atoms with Crippen LogP contribution in [0.4, 0.5) is 0 Å². The van der Waals surface area contributed by atoms with Crippen LogP contribution >= 0.6 is 0 Å². The summed E-state index contributed by atoms with van der Waals surface area (Å²) in [7, 11) is 0. The SMILES string of the molecule is CCCCCCOc1nc2c(OC(C)C)cccn2c1/C=C(/C#N)C(=O)OCc1ccccc1. The second-order valence-corrected chi connectivity index (χ2v) is 8.18. The van der Waals surface area contributed by atoms with Crippen molar-refractivity contribution in [2.24, 2.45) is 0 Å². The lowest BCUT2D eigenvalue weighted by Gasteiger charge is -2.10. The van der Waals surface area contributed by atoms with E-state index in [1.54, 1.807) is 10.6 Å². The van der Waals surface area contributed by atoms with E-state index in [-0.39, 0.29) is 18.3 Å². The van der Waals surface area contributed by atoms with Gasteiger partial charge < -0.3 is 14.2 Å². The smallest absolute Gasteiger partial charge is 0.349 e. The molecular formula is C27H31N3O4. The molecule has 2 aromatic heterocycles. The Balaban J connectivity index is 1.91. The number of esters is 1. The molecule has 0 amide bonds. The van der Waals surface area contributed by atoms with E-state index in [2.05, 4.69) is 11.9 Å². The van der Waals surface area contributed by atoms with Crippen LogP contribution in [0, 0.1) is 11.3 Å². The molecule has 0 saturated carbocycles. The number of imidazole rings is 1. The zero-order valence-electron chi connectivity index (χ0n) is 20.0. The molecule has 0 fully saturated rings. The van der Waals surface area contributed by atoms with Gasteiger partial charge in [0, 0.05) is 6.20 Å². The van der Waals surface area contributed by atoms with Crippen molar-refractivity contribution in [3.05, 3.63) is 65.5 Å². The van der Waals surface area contributed by atoms with Crippen LogP contribution < -0.4 is 9.47 Å². The monoisotopic (exact) mass is 461 g/mol. The average molecular weight is 462 g/mol. The summed E-state index contributed by atoms with van der Waals surface area (Å²) < 4.78 is 19.0. The van der Waals surface area contributed by atoms with Crippen molar-refractivity contribution >= 4 is 17.7 Å². The Morgan fingerprint density at radius 1 is 1.15 bits per heavy atom. The maximum atomic E-state index is 12.7. The summed E-state index contributed by atoms with van der Waals surface area (Å²) in [6, 6.07) is 14.9. The largest absolute Gasteiger partial charge is 0.487 e. The first-order valence-corrected chi connectivity index (χ1v) is 11.7. The van der Waals surface area contributed by atoms with Crippen molar-refractivity contribution < 1.29 is 19.0 Å². The summed E-state index contributed by atoms with van der Waals surface area (Å²) in [5.74, 6) is 0.239. The molecule has 0 N–H and O–H groups in total. The van der Waals surface area contributed by atoms with Crippen LogP contribution in [0.3, 0.4) is 0 Å². The summed E-state index contributed by atoms with van der Waals surface area (Å²) in [6.45, 7) is 6.61. The first-order chi connectivity index (χ1) is 16.5. The summed E-state index contributed by atoms with van der Waals surface area (Å²) in [6.07, 6.45) is 7.46. The van der Waals surface area contributed by atoms with E-state index < -0.39 is 5.97 Å². The highest BCUT2D eigenvalue weighted by atomic mass is 16.5. The Labute approximate surface area is 200 Å². The summed E-state index contributed by atoms with van der Waals surface area (Å²) in [5, 5.41) is 9.69. The molecule has 0 aliphatic heterocycles. The Kier molecular flexibility index (Phi) is 9.10. The van der Waals surface area contributed by atoms with E-state index >= 15 is 0 Å². The highest BCUT2D eigenvalue weighted by molar-refractivity contribution is 5.98. The van der Waals surface area contributed by atoms with E-state index in [9.17, 15) is 10.1 Å². The zero-order valence-corrected chi connectivity index (χ0v) is 20.0. The fraction of sp³-hybridized carbons (Fsp3) is 0.370. The van der Waals surface area contributed by atoms with Crippen LogP contribution in [-0.2, 0) is 16.1 Å². The van der Waals surface area contributed by atoms with Gasteiger partial charge in [-0.15, -0.1) is 0 Å². The van der Waals surface area contributed by atoms with Gasteiger partial charge in [0.15, 0.2) is 11.4 Å². The lowest BCUT2D eigenvalue weighted by Crippen LogP contribution is -2.08. The maximum absolute atomic E-state index is 12.7. The van der Waals surface area contributed by atoms with Crippen molar-refractivity contribution in [1.82, 2.24) is 9.38 Å². The second kappa shape index (κ2) is 12.4. The number of carbonyl (C=O) groups is 1. The molecule has 3 rings (SSSR count). The number of ether oxygens (including phenoxy) is 3. The molecule has 178 valence electrons. The number of benzene rings is 1. The summed E-state index contributed by atoms with van der Waals surface area (Å²) in [5.41, 5.74) is 1.76. The van der Waals surface area contributed by atoms with Crippen LogP contribution in [0.15, 0.2) is 54.2 Å². The quantitative estimate of drug-likeness (QED) is 0.148. The van der Waals surface area contributed by atoms with E-state index in [1.807, 2.05) is 62.4 Å². The molecule has 0 unspecified atom stereocenters. The standard InChI is InChI=1S/C27H31N3O4/c1-4-5-6-10-16-32-26-23(30-15-11-14-24(25(30)29-26)34-20(2)3)17-22(18-28)27(31)33-19-21-12-8-7-9-13-21/h7-9,11-15,17,20H,4-6,10,16,19H2,1-3H3/b22-17-. The average Bonchev–Trinajstić information content (AvgIpc) is 3.19. The number of nitrogens with zero attached hydrogens (tertiary/aromatic N) is 3. The topological polar surface area (TPSA) is 85.9 Å². The predicted molar refractivity (Wildman–Crippen MR) is 130 cm³/mol. The molecule has 7 heteroatoms. The molecule has 0 aliphatic rings. The second-order valence-electron chi connectivity index (χ2n) is 8.18. The van der Waals surface area contributed by atoms with Gasteiger partial charge >= 0.3 is 5.97 Å². The molecule has 1 aromatic carbocycles. The van der Waals surface area contributed by atoms with Crippen molar-refractivity contribution in [2.45, 2.75) is 59.2 Å². The predicted octanol–water partition coefficient (Wildman–Crippen LogP) is 5.73. The highest BCUT2D eigenvalue weighted by Gasteiger charge is 2.19. The van der Waals surface area contributed by atoms with Gasteiger partial charge in [0.25, 0.3) is 0 Å². The number of fused-ring (bicyclic) bond motifs is 1. The van der Waals surface area contributed by atoms with Crippen LogP contribution in [0.1, 0.15) is 57.7 Å². The molecule has 34 heavy (non-hydrogen) atoms. The van der Waals surface area contributed by atoms with Gasteiger partial charge in [-0.3, -0.25) is 4.40 Å². The number of rotatable bonds is 12. The number of pyridine rings is 1. The minimum Gasteiger partial charge on any atom is -0.487 e. The third-order valence-electron chi connectivity index (χ3n) is 5.05. The van der Waals surface area contributed by atoms with Crippen molar-refractivity contribution in [1.29, 1.82) is 5.26 Å².